The van der Waals surface area contributed by atoms with E-state index in [1.54, 1.807) is 6.34 Å². The highest BCUT2D eigenvalue weighted by atomic mass is 16.2. The molecule has 5 nitrogen and oxygen atoms in total. The van der Waals surface area contributed by atoms with Crippen molar-refractivity contribution in [2.45, 2.75) is 6.42 Å². The SMILES string of the molecule is C1=NCCN1.O=C1C=CNC(=O)C1. The van der Waals surface area contributed by atoms with Gasteiger partial charge in [-0.2, -0.15) is 0 Å². The summed E-state index contributed by atoms with van der Waals surface area (Å²) in [6, 6.07) is 0. The van der Waals surface area contributed by atoms with Crippen LogP contribution in [0, 0.1) is 0 Å². The van der Waals surface area contributed by atoms with Gasteiger partial charge in [-0.15, -0.1) is 0 Å². The van der Waals surface area contributed by atoms with Gasteiger partial charge >= 0.3 is 0 Å². The van der Waals surface area contributed by atoms with E-state index in [2.05, 4.69) is 15.6 Å². The van der Waals surface area contributed by atoms with Crippen molar-refractivity contribution in [1.82, 2.24) is 10.6 Å². The molecule has 0 spiro atoms. The van der Waals surface area contributed by atoms with Crippen molar-refractivity contribution in [3.63, 3.8) is 0 Å². The number of amides is 1. The Kier molecular flexibility index (Phi) is 3.69. The number of hydrogen-bond acceptors (Lipinski definition) is 4. The zero-order valence-electron chi connectivity index (χ0n) is 7.12. The van der Waals surface area contributed by atoms with Crippen LogP contribution in [0.1, 0.15) is 6.42 Å². The minimum absolute atomic E-state index is 0.00347. The summed E-state index contributed by atoms with van der Waals surface area (Å²) < 4.78 is 0. The smallest absolute Gasteiger partial charge is 0.231 e. The molecule has 70 valence electrons. The van der Waals surface area contributed by atoms with Crippen LogP contribution in [0.25, 0.3) is 0 Å². The lowest BCUT2D eigenvalue weighted by atomic mass is 10.2. The van der Waals surface area contributed by atoms with E-state index in [9.17, 15) is 9.59 Å². The molecule has 0 bridgehead atoms. The summed E-state index contributed by atoms with van der Waals surface area (Å²) in [5.41, 5.74) is 0. The predicted octanol–water partition coefficient (Wildman–Crippen LogP) is -0.793. The van der Waals surface area contributed by atoms with E-state index in [0.29, 0.717) is 0 Å². The molecule has 1 amide bonds. The molecule has 2 aliphatic rings. The number of carbonyl (C=O) groups excluding carboxylic acids is 2. The van der Waals surface area contributed by atoms with Gasteiger partial charge in [-0.1, -0.05) is 0 Å². The molecule has 0 aromatic carbocycles. The van der Waals surface area contributed by atoms with Crippen LogP contribution in [0.3, 0.4) is 0 Å². The second kappa shape index (κ2) is 5.08. The molecule has 0 unspecified atom stereocenters. The molecule has 5 heteroatoms. The summed E-state index contributed by atoms with van der Waals surface area (Å²) in [5, 5.41) is 5.30. The average molecular weight is 181 g/mol. The Morgan fingerprint density at radius 2 is 2.23 bits per heavy atom. The minimum atomic E-state index is -0.225. The minimum Gasteiger partial charge on any atom is -0.375 e. The number of aliphatic imine (C=N–C) groups is 1. The fraction of sp³-hybridized carbons (Fsp3) is 0.375. The van der Waals surface area contributed by atoms with Crippen LogP contribution < -0.4 is 10.6 Å². The van der Waals surface area contributed by atoms with E-state index in [0.717, 1.165) is 13.1 Å². The Hall–Kier alpha value is -1.65. The van der Waals surface area contributed by atoms with E-state index in [1.165, 1.54) is 12.3 Å². The molecule has 0 atom stereocenters. The predicted molar refractivity (Wildman–Crippen MR) is 48.3 cm³/mol. The van der Waals surface area contributed by atoms with E-state index in [1.807, 2.05) is 0 Å². The van der Waals surface area contributed by atoms with Crippen LogP contribution in [-0.4, -0.2) is 31.1 Å². The molecule has 0 saturated carbocycles. The topological polar surface area (TPSA) is 70.6 Å². The van der Waals surface area contributed by atoms with Crippen molar-refractivity contribution in [2.75, 3.05) is 13.1 Å². The molecular formula is C8H11N3O2. The van der Waals surface area contributed by atoms with Crippen LogP contribution >= 0.6 is 0 Å². The third-order valence-corrected chi connectivity index (χ3v) is 1.42. The van der Waals surface area contributed by atoms with Gasteiger partial charge in [-0.25, -0.2) is 0 Å². The number of nitrogens with zero attached hydrogens (tertiary/aromatic N) is 1. The molecule has 0 aromatic rings. The fourth-order valence-corrected chi connectivity index (χ4v) is 0.819. The fourth-order valence-electron chi connectivity index (χ4n) is 0.819. The molecule has 0 aliphatic carbocycles. The number of rotatable bonds is 0. The van der Waals surface area contributed by atoms with Gasteiger partial charge in [0.15, 0.2) is 5.78 Å². The first kappa shape index (κ1) is 9.44. The average Bonchev–Trinajstić information content (AvgIpc) is 2.59. The summed E-state index contributed by atoms with van der Waals surface area (Å²) in [6.45, 7) is 1.99. The highest BCUT2D eigenvalue weighted by Gasteiger charge is 2.08. The molecule has 0 saturated heterocycles. The van der Waals surface area contributed by atoms with Gasteiger partial charge in [0.1, 0.15) is 0 Å². The first-order valence-electron chi connectivity index (χ1n) is 3.99. The van der Waals surface area contributed by atoms with E-state index in [-0.39, 0.29) is 18.1 Å². The lowest BCUT2D eigenvalue weighted by Gasteiger charge is -2.00. The molecule has 0 radical (unpaired) electrons. The number of hydrogen-bond donors (Lipinski definition) is 2. The van der Waals surface area contributed by atoms with Crippen LogP contribution in [0.5, 0.6) is 0 Å². The van der Waals surface area contributed by atoms with E-state index < -0.39 is 0 Å². The Balaban J connectivity index is 0.000000145. The number of nitrogens with one attached hydrogen (secondary N) is 2. The molecule has 0 fully saturated rings. The van der Waals surface area contributed by atoms with E-state index in [4.69, 9.17) is 0 Å². The van der Waals surface area contributed by atoms with Crippen molar-refractivity contribution in [3.05, 3.63) is 12.3 Å². The molecule has 13 heavy (non-hydrogen) atoms. The molecule has 2 heterocycles. The van der Waals surface area contributed by atoms with Gasteiger partial charge < -0.3 is 10.6 Å². The Bertz CT molecular complexity index is 252. The molecule has 2 N–H and O–H groups in total. The zero-order chi connectivity index (χ0) is 9.52. The van der Waals surface area contributed by atoms with Gasteiger partial charge in [0.05, 0.1) is 19.3 Å². The third-order valence-electron chi connectivity index (χ3n) is 1.42. The van der Waals surface area contributed by atoms with Crippen LogP contribution in [0.15, 0.2) is 17.3 Å². The van der Waals surface area contributed by atoms with Gasteiger partial charge in [-0.05, 0) is 6.08 Å². The lowest BCUT2D eigenvalue weighted by Crippen LogP contribution is -2.24. The largest absolute Gasteiger partial charge is 0.375 e. The van der Waals surface area contributed by atoms with Crippen molar-refractivity contribution in [1.29, 1.82) is 0 Å². The first-order valence-corrected chi connectivity index (χ1v) is 3.99. The highest BCUT2D eigenvalue weighted by Crippen LogP contribution is 1.90. The van der Waals surface area contributed by atoms with Crippen molar-refractivity contribution in [2.24, 2.45) is 4.99 Å². The maximum Gasteiger partial charge on any atom is 0.231 e. The van der Waals surface area contributed by atoms with Crippen LogP contribution in [0.4, 0.5) is 0 Å². The summed E-state index contributed by atoms with van der Waals surface area (Å²) in [5.74, 6) is -0.355. The first-order chi connectivity index (χ1) is 6.29. The van der Waals surface area contributed by atoms with Crippen LogP contribution in [-0.2, 0) is 9.59 Å². The lowest BCUT2D eigenvalue weighted by molar-refractivity contribution is -0.126. The highest BCUT2D eigenvalue weighted by molar-refractivity contribution is 6.06. The van der Waals surface area contributed by atoms with Crippen molar-refractivity contribution in [3.8, 4) is 0 Å². The maximum atomic E-state index is 10.3. The monoisotopic (exact) mass is 181 g/mol. The quantitative estimate of drug-likeness (QED) is 0.481. The van der Waals surface area contributed by atoms with E-state index >= 15 is 0 Å². The maximum absolute atomic E-state index is 10.3. The van der Waals surface area contributed by atoms with Gasteiger partial charge in [0, 0.05) is 12.7 Å². The molecular weight excluding hydrogens is 170 g/mol. The van der Waals surface area contributed by atoms with Crippen LogP contribution in [0.2, 0.25) is 0 Å². The molecule has 2 aliphatic heterocycles. The van der Waals surface area contributed by atoms with Crippen molar-refractivity contribution < 1.29 is 9.59 Å². The van der Waals surface area contributed by atoms with Gasteiger partial charge in [0.2, 0.25) is 5.91 Å². The number of allylic oxidation sites excluding steroid dienone is 1. The second-order valence-electron chi connectivity index (χ2n) is 2.53. The zero-order valence-corrected chi connectivity index (χ0v) is 7.12. The number of carbonyl (C=O) groups is 2. The van der Waals surface area contributed by atoms with Gasteiger partial charge in [-0.3, -0.25) is 14.6 Å². The molecule has 2 rings (SSSR count). The summed E-state index contributed by atoms with van der Waals surface area (Å²) >= 11 is 0. The summed E-state index contributed by atoms with van der Waals surface area (Å²) in [6.07, 6.45) is 4.44. The second-order valence-corrected chi connectivity index (χ2v) is 2.53. The normalized spacial score (nSPS) is 18.8. The van der Waals surface area contributed by atoms with Crippen molar-refractivity contribution >= 4 is 18.0 Å². The Labute approximate surface area is 75.9 Å². The third kappa shape index (κ3) is 4.05. The van der Waals surface area contributed by atoms with Gasteiger partial charge in [0.25, 0.3) is 0 Å². The standard InChI is InChI=1S/C5H5NO2.C3H6N2/c7-4-1-2-6-5(8)3-4;1-2-5-3-4-1/h1-2H,3H2,(H,6,8);3H,1-2H2,(H,4,5). The summed E-state index contributed by atoms with van der Waals surface area (Å²) in [7, 11) is 0. The number of ketones is 1. The summed E-state index contributed by atoms with van der Waals surface area (Å²) in [4.78, 5) is 24.5. The Morgan fingerprint density at radius 3 is 2.54 bits per heavy atom. The Morgan fingerprint density at radius 1 is 1.38 bits per heavy atom. The molecule has 0 aromatic heterocycles.